The van der Waals surface area contributed by atoms with Crippen molar-refractivity contribution in [2.24, 2.45) is 13.0 Å². The Morgan fingerprint density at radius 3 is 2.69 bits per heavy atom. The van der Waals surface area contributed by atoms with Gasteiger partial charge in [-0.25, -0.2) is 0 Å². The summed E-state index contributed by atoms with van der Waals surface area (Å²) in [6.07, 6.45) is 3.63. The minimum Gasteiger partial charge on any atom is -0.467 e. The number of carbonyl (C=O) groups is 2. The van der Waals surface area contributed by atoms with Gasteiger partial charge in [0, 0.05) is 38.3 Å². The van der Waals surface area contributed by atoms with Gasteiger partial charge < -0.3 is 14.2 Å². The Balaban J connectivity index is 1.88. The van der Waals surface area contributed by atoms with Crippen LogP contribution in [0.1, 0.15) is 42.0 Å². The van der Waals surface area contributed by atoms with E-state index in [0.717, 1.165) is 22.6 Å². The van der Waals surface area contributed by atoms with Crippen molar-refractivity contribution in [3.05, 3.63) is 41.1 Å². The molecule has 7 nitrogen and oxygen atoms in total. The summed E-state index contributed by atoms with van der Waals surface area (Å²) < 4.78 is 7.24. The molecule has 2 aromatic heterocycles. The first-order chi connectivity index (χ1) is 12.3. The van der Waals surface area contributed by atoms with Crippen LogP contribution in [0.25, 0.3) is 0 Å². The van der Waals surface area contributed by atoms with Gasteiger partial charge >= 0.3 is 0 Å². The van der Waals surface area contributed by atoms with E-state index in [9.17, 15) is 9.59 Å². The largest absolute Gasteiger partial charge is 0.467 e. The van der Waals surface area contributed by atoms with E-state index in [1.807, 2.05) is 33.9 Å². The molecule has 1 aliphatic heterocycles. The van der Waals surface area contributed by atoms with Crippen LogP contribution in [-0.4, -0.2) is 45.0 Å². The highest BCUT2D eigenvalue weighted by Gasteiger charge is 2.46. The fraction of sp³-hybridized carbons (Fsp3) is 0.526. The first kappa shape index (κ1) is 18.2. The van der Waals surface area contributed by atoms with Crippen molar-refractivity contribution in [3.8, 4) is 0 Å². The summed E-state index contributed by atoms with van der Waals surface area (Å²) in [7, 11) is 3.63. The molecule has 0 bridgehead atoms. The highest BCUT2D eigenvalue weighted by Crippen LogP contribution is 2.40. The van der Waals surface area contributed by atoms with Crippen molar-refractivity contribution in [1.82, 2.24) is 19.6 Å². The lowest BCUT2D eigenvalue weighted by Crippen LogP contribution is -2.36. The van der Waals surface area contributed by atoms with Gasteiger partial charge in [-0.3, -0.25) is 14.3 Å². The van der Waals surface area contributed by atoms with Crippen molar-refractivity contribution in [2.75, 3.05) is 13.6 Å². The molecule has 7 heteroatoms. The molecule has 0 aromatic carbocycles. The van der Waals surface area contributed by atoms with E-state index in [1.54, 1.807) is 34.0 Å². The molecule has 3 heterocycles. The summed E-state index contributed by atoms with van der Waals surface area (Å²) in [6.45, 7) is 6.84. The predicted octanol–water partition coefficient (Wildman–Crippen LogP) is 2.20. The van der Waals surface area contributed by atoms with Crippen LogP contribution in [0.2, 0.25) is 0 Å². The van der Waals surface area contributed by atoms with Crippen LogP contribution < -0.4 is 0 Å². The van der Waals surface area contributed by atoms with Crippen molar-refractivity contribution >= 4 is 11.8 Å². The second kappa shape index (κ2) is 6.97. The van der Waals surface area contributed by atoms with E-state index >= 15 is 0 Å². The number of hydrogen-bond donors (Lipinski definition) is 0. The summed E-state index contributed by atoms with van der Waals surface area (Å²) >= 11 is 0. The number of likely N-dealkylation sites (tertiary alicyclic amines) is 1. The van der Waals surface area contributed by atoms with E-state index in [4.69, 9.17) is 4.42 Å². The smallest absolute Gasteiger partial charge is 0.228 e. The number of carbonyl (C=O) groups excluding carboxylic acids is 2. The topological polar surface area (TPSA) is 71.6 Å². The normalized spacial score (nSPS) is 20.0. The molecule has 1 saturated heterocycles. The van der Waals surface area contributed by atoms with E-state index in [-0.39, 0.29) is 24.3 Å². The van der Waals surface area contributed by atoms with Crippen molar-refractivity contribution in [3.63, 3.8) is 0 Å². The first-order valence-electron chi connectivity index (χ1n) is 8.91. The highest BCUT2D eigenvalue weighted by atomic mass is 16.3. The quantitative estimate of drug-likeness (QED) is 0.821. The maximum absolute atomic E-state index is 13.2. The number of hydrogen-bond acceptors (Lipinski definition) is 4. The zero-order valence-electron chi connectivity index (χ0n) is 16.0. The maximum Gasteiger partial charge on any atom is 0.228 e. The fourth-order valence-corrected chi connectivity index (χ4v) is 3.72. The van der Waals surface area contributed by atoms with Gasteiger partial charge in [-0.05, 0) is 32.4 Å². The van der Waals surface area contributed by atoms with Gasteiger partial charge in [-0.1, -0.05) is 0 Å². The predicted molar refractivity (Wildman–Crippen MR) is 96.1 cm³/mol. The zero-order valence-corrected chi connectivity index (χ0v) is 16.0. The Morgan fingerprint density at radius 2 is 2.15 bits per heavy atom. The first-order valence-corrected chi connectivity index (χ1v) is 8.91. The van der Waals surface area contributed by atoms with Gasteiger partial charge in [0.2, 0.25) is 11.8 Å². The van der Waals surface area contributed by atoms with Crippen LogP contribution in [0.3, 0.4) is 0 Å². The molecule has 0 aliphatic carbocycles. The maximum atomic E-state index is 13.2. The van der Waals surface area contributed by atoms with Gasteiger partial charge in [0.1, 0.15) is 5.76 Å². The lowest BCUT2D eigenvalue weighted by atomic mass is 9.92. The molecular formula is C19H26N4O3. The monoisotopic (exact) mass is 358 g/mol. The highest BCUT2D eigenvalue weighted by molar-refractivity contribution is 5.90. The van der Waals surface area contributed by atoms with E-state index in [1.165, 1.54) is 0 Å². The zero-order chi connectivity index (χ0) is 19.0. The van der Waals surface area contributed by atoms with Crippen LogP contribution in [0.15, 0.2) is 22.9 Å². The van der Waals surface area contributed by atoms with Gasteiger partial charge in [0.25, 0.3) is 0 Å². The molecule has 0 spiro atoms. The molecule has 2 aromatic rings. The van der Waals surface area contributed by atoms with Crippen LogP contribution in [0.4, 0.5) is 0 Å². The molecular weight excluding hydrogens is 332 g/mol. The Hall–Kier alpha value is -2.57. The van der Waals surface area contributed by atoms with Crippen molar-refractivity contribution in [2.45, 2.75) is 39.8 Å². The van der Waals surface area contributed by atoms with Crippen LogP contribution in [-0.2, 0) is 23.2 Å². The molecule has 0 saturated carbocycles. The molecule has 1 fully saturated rings. The summed E-state index contributed by atoms with van der Waals surface area (Å²) in [5.74, 6) is 0.331. The average molecular weight is 358 g/mol. The molecule has 3 rings (SSSR count). The molecule has 2 amide bonds. The molecule has 0 N–H and O–H groups in total. The van der Waals surface area contributed by atoms with E-state index < -0.39 is 5.92 Å². The van der Waals surface area contributed by atoms with E-state index in [2.05, 4.69) is 5.10 Å². The minimum atomic E-state index is -0.411. The third kappa shape index (κ3) is 3.02. The lowest BCUT2D eigenvalue weighted by molar-refractivity contribution is -0.136. The summed E-state index contributed by atoms with van der Waals surface area (Å²) in [6, 6.07) is 1.61. The Labute approximate surface area is 153 Å². The molecule has 140 valence electrons. The Morgan fingerprint density at radius 1 is 1.42 bits per heavy atom. The van der Waals surface area contributed by atoms with Crippen molar-refractivity contribution < 1.29 is 14.0 Å². The summed E-state index contributed by atoms with van der Waals surface area (Å²) in [4.78, 5) is 29.1. The van der Waals surface area contributed by atoms with Crippen molar-refractivity contribution in [1.29, 1.82) is 0 Å². The van der Waals surface area contributed by atoms with Gasteiger partial charge in [-0.15, -0.1) is 0 Å². The van der Waals surface area contributed by atoms with Gasteiger partial charge in [0.05, 0.1) is 31.0 Å². The average Bonchev–Trinajstić information content (AvgIpc) is 3.26. The van der Waals surface area contributed by atoms with Crippen LogP contribution in [0.5, 0.6) is 0 Å². The second-order valence-electron chi connectivity index (χ2n) is 6.97. The summed E-state index contributed by atoms with van der Waals surface area (Å²) in [5.41, 5.74) is 2.94. The fourth-order valence-electron chi connectivity index (χ4n) is 3.72. The second-order valence-corrected chi connectivity index (χ2v) is 6.97. The van der Waals surface area contributed by atoms with Gasteiger partial charge in [0.15, 0.2) is 0 Å². The molecule has 26 heavy (non-hydrogen) atoms. The molecule has 2 atom stereocenters. The van der Waals surface area contributed by atoms with Gasteiger partial charge in [-0.2, -0.15) is 5.10 Å². The summed E-state index contributed by atoms with van der Waals surface area (Å²) in [5, 5.41) is 4.30. The number of rotatable bonds is 5. The lowest BCUT2D eigenvalue weighted by Gasteiger charge is -2.29. The van der Waals surface area contributed by atoms with Crippen LogP contribution in [0, 0.1) is 19.8 Å². The van der Waals surface area contributed by atoms with E-state index in [0.29, 0.717) is 13.1 Å². The standard InChI is InChI=1S/C19H26N4O3/c1-6-23-17(24)9-14(18(23)15-10-20-22(5)13(15)3)19(25)21(4)11-16-12(2)7-8-26-16/h7-8,10,14,18H,6,9,11H2,1-5H3/t14-,18-/m0/s1. The number of furan rings is 1. The third-order valence-corrected chi connectivity index (χ3v) is 5.41. The SMILES string of the molecule is CCN1C(=O)C[C@H](C(=O)N(C)Cc2occc2C)[C@H]1c1cnn(C)c1C. The third-order valence-electron chi connectivity index (χ3n) is 5.41. The molecule has 0 unspecified atom stereocenters. The number of amides is 2. The minimum absolute atomic E-state index is 0.0154. The Kier molecular flexibility index (Phi) is 4.89. The molecule has 0 radical (unpaired) electrons. The number of aromatic nitrogens is 2. The number of aryl methyl sites for hydroxylation is 2. The molecule has 1 aliphatic rings. The van der Waals surface area contributed by atoms with Crippen LogP contribution >= 0.6 is 0 Å². The Bertz CT molecular complexity index is 823. The number of nitrogens with zero attached hydrogens (tertiary/aromatic N) is 4.